The second-order valence-corrected chi connectivity index (χ2v) is 5.68. The van der Waals surface area contributed by atoms with E-state index in [0.29, 0.717) is 13.0 Å². The van der Waals surface area contributed by atoms with E-state index >= 15 is 0 Å². The maximum atomic E-state index is 12.1. The lowest BCUT2D eigenvalue weighted by molar-refractivity contribution is -0.127. The topological polar surface area (TPSA) is 49.4 Å². The van der Waals surface area contributed by atoms with Crippen molar-refractivity contribution in [1.82, 2.24) is 10.2 Å². The first kappa shape index (κ1) is 13.9. The Labute approximate surface area is 117 Å². The number of urea groups is 1. The van der Waals surface area contributed by atoms with Crippen LogP contribution >= 0.6 is 11.8 Å². The summed E-state index contributed by atoms with van der Waals surface area (Å²) in [5.41, 5.74) is 2.11. The Morgan fingerprint density at radius 3 is 2.84 bits per heavy atom. The number of carbonyl (C=O) groups is 2. The van der Waals surface area contributed by atoms with Crippen LogP contribution in [0.25, 0.3) is 0 Å². The number of hydrogen-bond acceptors (Lipinski definition) is 3. The highest BCUT2D eigenvalue weighted by Gasteiger charge is 2.37. The predicted octanol–water partition coefficient (Wildman–Crippen LogP) is 2.17. The third-order valence-corrected chi connectivity index (χ3v) is 3.78. The number of hydrogen-bond donors (Lipinski definition) is 1. The minimum Gasteiger partial charge on any atom is -0.326 e. The Morgan fingerprint density at radius 1 is 1.37 bits per heavy atom. The SMILES string of the molecule is CSCCC1NC(=O)N(Cc2cccc(C)c2)C1=O. The quantitative estimate of drug-likeness (QED) is 0.840. The van der Waals surface area contributed by atoms with Gasteiger partial charge < -0.3 is 5.32 Å². The zero-order valence-electron chi connectivity index (χ0n) is 11.2. The Balaban J connectivity index is 2.04. The molecule has 1 atom stereocenters. The van der Waals surface area contributed by atoms with Crippen molar-refractivity contribution < 1.29 is 9.59 Å². The van der Waals surface area contributed by atoms with Gasteiger partial charge in [0, 0.05) is 0 Å². The van der Waals surface area contributed by atoms with Gasteiger partial charge in [0.15, 0.2) is 0 Å². The van der Waals surface area contributed by atoms with Gasteiger partial charge in [-0.25, -0.2) is 4.79 Å². The predicted molar refractivity (Wildman–Crippen MR) is 77.0 cm³/mol. The molecule has 3 amide bonds. The molecule has 102 valence electrons. The summed E-state index contributed by atoms with van der Waals surface area (Å²) in [4.78, 5) is 25.3. The zero-order valence-corrected chi connectivity index (χ0v) is 12.0. The molecule has 5 heteroatoms. The van der Waals surface area contributed by atoms with Crippen molar-refractivity contribution in [3.05, 3.63) is 35.4 Å². The number of nitrogens with one attached hydrogen (secondary N) is 1. The molecule has 1 fully saturated rings. The highest BCUT2D eigenvalue weighted by molar-refractivity contribution is 7.98. The normalized spacial score (nSPS) is 18.8. The van der Waals surface area contributed by atoms with Crippen molar-refractivity contribution in [2.75, 3.05) is 12.0 Å². The Hall–Kier alpha value is -1.49. The Morgan fingerprint density at radius 2 is 2.16 bits per heavy atom. The van der Waals surface area contributed by atoms with E-state index in [1.54, 1.807) is 11.8 Å². The molecule has 0 spiro atoms. The van der Waals surface area contributed by atoms with Crippen LogP contribution in [-0.2, 0) is 11.3 Å². The molecule has 1 aliphatic rings. The maximum Gasteiger partial charge on any atom is 0.325 e. The number of thioether (sulfide) groups is 1. The lowest BCUT2D eigenvalue weighted by Gasteiger charge is -2.13. The van der Waals surface area contributed by atoms with E-state index < -0.39 is 0 Å². The van der Waals surface area contributed by atoms with Gasteiger partial charge >= 0.3 is 6.03 Å². The van der Waals surface area contributed by atoms with E-state index in [9.17, 15) is 9.59 Å². The molecule has 1 heterocycles. The van der Waals surface area contributed by atoms with Crippen molar-refractivity contribution in [1.29, 1.82) is 0 Å². The monoisotopic (exact) mass is 278 g/mol. The molecule has 4 nitrogen and oxygen atoms in total. The maximum absolute atomic E-state index is 12.1. The van der Waals surface area contributed by atoms with Gasteiger partial charge in [-0.05, 0) is 30.9 Å². The molecule has 2 rings (SSSR count). The summed E-state index contributed by atoms with van der Waals surface area (Å²) in [5, 5.41) is 2.75. The smallest absolute Gasteiger partial charge is 0.325 e. The molecule has 19 heavy (non-hydrogen) atoms. The Kier molecular flexibility index (Phi) is 4.47. The second-order valence-electron chi connectivity index (χ2n) is 4.70. The molecule has 0 saturated carbocycles. The number of carbonyl (C=O) groups excluding carboxylic acids is 2. The van der Waals surface area contributed by atoms with Crippen LogP contribution in [0.15, 0.2) is 24.3 Å². The van der Waals surface area contributed by atoms with Crippen LogP contribution in [-0.4, -0.2) is 34.9 Å². The number of rotatable bonds is 5. The molecular formula is C14H18N2O2S. The minimum absolute atomic E-state index is 0.111. The molecule has 1 aromatic carbocycles. The van der Waals surface area contributed by atoms with Gasteiger partial charge in [0.05, 0.1) is 6.54 Å². The summed E-state index contributed by atoms with van der Waals surface area (Å²) < 4.78 is 0. The van der Waals surface area contributed by atoms with Crippen molar-refractivity contribution in [2.45, 2.75) is 25.9 Å². The third-order valence-electron chi connectivity index (χ3n) is 3.14. The van der Waals surface area contributed by atoms with Crippen LogP contribution in [0.2, 0.25) is 0 Å². The average Bonchev–Trinajstić information content (AvgIpc) is 2.64. The van der Waals surface area contributed by atoms with Gasteiger partial charge in [-0.1, -0.05) is 29.8 Å². The first-order chi connectivity index (χ1) is 9.11. The molecule has 1 aliphatic heterocycles. The van der Waals surface area contributed by atoms with Crippen LogP contribution < -0.4 is 5.32 Å². The van der Waals surface area contributed by atoms with Crippen molar-refractivity contribution in [2.24, 2.45) is 0 Å². The highest BCUT2D eigenvalue weighted by Crippen LogP contribution is 2.15. The van der Waals surface area contributed by atoms with Gasteiger partial charge in [0.2, 0.25) is 0 Å². The summed E-state index contributed by atoms with van der Waals surface area (Å²) in [6.07, 6.45) is 2.68. The molecule has 1 unspecified atom stereocenters. The number of benzene rings is 1. The third kappa shape index (κ3) is 3.29. The lowest BCUT2D eigenvalue weighted by atomic mass is 10.1. The van der Waals surface area contributed by atoms with E-state index in [-0.39, 0.29) is 18.0 Å². The first-order valence-electron chi connectivity index (χ1n) is 6.28. The fraction of sp³-hybridized carbons (Fsp3) is 0.429. The van der Waals surface area contributed by atoms with Gasteiger partial charge in [-0.15, -0.1) is 0 Å². The summed E-state index contributed by atoms with van der Waals surface area (Å²) in [6.45, 7) is 2.35. The molecule has 0 radical (unpaired) electrons. The van der Waals surface area contributed by atoms with Crippen LogP contribution in [0.5, 0.6) is 0 Å². The number of amides is 3. The van der Waals surface area contributed by atoms with E-state index in [2.05, 4.69) is 5.32 Å². The molecule has 0 aromatic heterocycles. The van der Waals surface area contributed by atoms with Crippen molar-refractivity contribution in [3.63, 3.8) is 0 Å². The lowest BCUT2D eigenvalue weighted by Crippen LogP contribution is -2.31. The molecular weight excluding hydrogens is 260 g/mol. The van der Waals surface area contributed by atoms with Crippen LogP contribution in [0, 0.1) is 6.92 Å². The minimum atomic E-state index is -0.357. The van der Waals surface area contributed by atoms with Crippen molar-refractivity contribution in [3.8, 4) is 0 Å². The fourth-order valence-corrected chi connectivity index (χ4v) is 2.62. The zero-order chi connectivity index (χ0) is 13.8. The number of aryl methyl sites for hydroxylation is 1. The van der Waals surface area contributed by atoms with Gasteiger partial charge in [0.1, 0.15) is 6.04 Å². The molecule has 1 saturated heterocycles. The summed E-state index contributed by atoms with van der Waals surface area (Å²) in [7, 11) is 0. The van der Waals surface area contributed by atoms with Gasteiger partial charge in [0.25, 0.3) is 5.91 Å². The van der Waals surface area contributed by atoms with E-state index in [4.69, 9.17) is 0 Å². The van der Waals surface area contributed by atoms with Crippen LogP contribution in [0.3, 0.4) is 0 Å². The van der Waals surface area contributed by atoms with Crippen LogP contribution in [0.1, 0.15) is 17.5 Å². The second kappa shape index (κ2) is 6.10. The fourth-order valence-electron chi connectivity index (χ4n) is 2.15. The highest BCUT2D eigenvalue weighted by atomic mass is 32.2. The first-order valence-corrected chi connectivity index (χ1v) is 7.67. The molecule has 1 N–H and O–H groups in total. The van der Waals surface area contributed by atoms with E-state index in [0.717, 1.165) is 16.9 Å². The molecule has 0 bridgehead atoms. The standard InChI is InChI=1S/C14H18N2O2S/c1-10-4-3-5-11(8-10)9-16-13(17)12(6-7-19-2)15-14(16)18/h3-5,8,12H,6-7,9H2,1-2H3,(H,15,18). The Bertz CT molecular complexity index is 490. The average molecular weight is 278 g/mol. The summed E-state index contributed by atoms with van der Waals surface area (Å²) >= 11 is 1.68. The molecule has 0 aliphatic carbocycles. The van der Waals surface area contributed by atoms with E-state index in [1.807, 2.05) is 37.4 Å². The number of nitrogens with zero attached hydrogens (tertiary/aromatic N) is 1. The number of imide groups is 1. The van der Waals surface area contributed by atoms with Gasteiger partial charge in [-0.2, -0.15) is 11.8 Å². The summed E-state index contributed by atoms with van der Waals surface area (Å²) in [5.74, 6) is 0.759. The molecule has 1 aromatic rings. The summed E-state index contributed by atoms with van der Waals surface area (Å²) in [6, 6.07) is 7.23. The van der Waals surface area contributed by atoms with Gasteiger partial charge in [-0.3, -0.25) is 9.69 Å². The largest absolute Gasteiger partial charge is 0.326 e. The van der Waals surface area contributed by atoms with Crippen molar-refractivity contribution >= 4 is 23.7 Å². The van der Waals surface area contributed by atoms with Crippen LogP contribution in [0.4, 0.5) is 4.79 Å². The van der Waals surface area contributed by atoms with E-state index in [1.165, 1.54) is 4.90 Å².